The highest BCUT2D eigenvalue weighted by molar-refractivity contribution is 7.99. The maximum Gasteiger partial charge on any atom is 0.313 e. The molecule has 2 aromatic rings. The second kappa shape index (κ2) is 7.55. The second-order valence-corrected chi connectivity index (χ2v) is 5.57. The van der Waals surface area contributed by atoms with Crippen LogP contribution in [0.4, 0.5) is 5.69 Å². The lowest BCUT2D eigenvalue weighted by atomic mass is 10.0. The van der Waals surface area contributed by atoms with Gasteiger partial charge in [0, 0.05) is 17.7 Å². The molecule has 0 saturated carbocycles. The van der Waals surface area contributed by atoms with Crippen LogP contribution in [0.25, 0.3) is 17.0 Å². The maximum atomic E-state index is 11.2. The molecule has 1 heterocycles. The molecule has 2 rings (SSSR count). The largest absolute Gasteiger partial charge is 0.481 e. The fraction of sp³-hybridized carbons (Fsp3) is 0.133. The van der Waals surface area contributed by atoms with Crippen molar-refractivity contribution in [1.29, 1.82) is 0 Å². The topological polar surface area (TPSA) is 122 Å². The van der Waals surface area contributed by atoms with E-state index < -0.39 is 10.9 Å². The number of carbonyl (C=O) groups is 1. The highest BCUT2D eigenvalue weighted by atomic mass is 32.2. The van der Waals surface area contributed by atoms with Crippen LogP contribution in [0.2, 0.25) is 0 Å². The van der Waals surface area contributed by atoms with E-state index in [1.54, 1.807) is 18.2 Å². The number of allylic oxidation sites excluding steroid dienone is 3. The molecular formula is C15H14N4O4S. The monoisotopic (exact) mass is 346 g/mol. The number of nitro benzene ring substituents is 1. The van der Waals surface area contributed by atoms with Crippen LogP contribution in [-0.2, 0) is 4.79 Å². The third kappa shape index (κ3) is 4.07. The summed E-state index contributed by atoms with van der Waals surface area (Å²) in [6.45, 7) is 5.51. The van der Waals surface area contributed by atoms with Crippen LogP contribution in [0, 0.1) is 10.1 Å². The fourth-order valence-electron chi connectivity index (χ4n) is 1.99. The van der Waals surface area contributed by atoms with Gasteiger partial charge in [-0.1, -0.05) is 30.5 Å². The molecule has 0 unspecified atom stereocenters. The molecule has 0 atom stereocenters. The van der Waals surface area contributed by atoms with Gasteiger partial charge in [0.1, 0.15) is 0 Å². The first-order valence-corrected chi connectivity index (χ1v) is 7.79. The van der Waals surface area contributed by atoms with E-state index in [0.29, 0.717) is 17.0 Å². The van der Waals surface area contributed by atoms with Crippen molar-refractivity contribution >= 4 is 29.0 Å². The number of aliphatic carboxylic acids is 1. The van der Waals surface area contributed by atoms with Crippen molar-refractivity contribution in [3.63, 3.8) is 0 Å². The summed E-state index contributed by atoms with van der Waals surface area (Å²) < 4.78 is 0. The van der Waals surface area contributed by atoms with Crippen LogP contribution in [-0.4, -0.2) is 36.9 Å². The Morgan fingerprint density at radius 1 is 1.50 bits per heavy atom. The molecule has 0 fully saturated rings. The van der Waals surface area contributed by atoms with Gasteiger partial charge in [-0.3, -0.25) is 20.0 Å². The average molecular weight is 346 g/mol. The molecule has 8 nitrogen and oxygen atoms in total. The van der Waals surface area contributed by atoms with E-state index in [-0.39, 0.29) is 16.6 Å². The molecule has 0 radical (unpaired) electrons. The van der Waals surface area contributed by atoms with Crippen molar-refractivity contribution < 1.29 is 14.8 Å². The Morgan fingerprint density at radius 3 is 2.83 bits per heavy atom. The number of hydrogen-bond donors (Lipinski definition) is 2. The summed E-state index contributed by atoms with van der Waals surface area (Å²) in [4.78, 5) is 25.4. The highest BCUT2D eigenvalue weighted by Gasteiger charge is 2.15. The van der Waals surface area contributed by atoms with Crippen molar-refractivity contribution in [2.24, 2.45) is 0 Å². The molecule has 0 saturated heterocycles. The zero-order valence-corrected chi connectivity index (χ0v) is 13.5. The molecule has 0 spiro atoms. The molecule has 0 aliphatic heterocycles. The predicted molar refractivity (Wildman–Crippen MR) is 90.7 cm³/mol. The standard InChI is InChI=1S/C15H14N4O4S/c1-3-9(4-2)10-5-11(7-12(6-10)19(22)23)14-16-15(18-17-14)24-8-13(20)21/h3-7H,1,8H2,2H3,(H,20,21)(H,16,17,18)/b9-4+. The Hall–Kier alpha value is -2.94. The molecule has 1 aromatic carbocycles. The van der Waals surface area contributed by atoms with Crippen LogP contribution < -0.4 is 0 Å². The number of carboxylic acid groups (broad SMARTS) is 1. The SMILES string of the molecule is C=C/C(=C\C)c1cc(-c2nc(SCC(=O)O)n[nH]2)cc([N+](=O)[O-])c1. The molecule has 0 aliphatic carbocycles. The molecule has 124 valence electrons. The predicted octanol–water partition coefficient (Wildman–Crippen LogP) is 3.15. The fourth-order valence-corrected chi connectivity index (χ4v) is 2.51. The van der Waals surface area contributed by atoms with E-state index in [4.69, 9.17) is 5.11 Å². The van der Waals surface area contributed by atoms with Crippen LogP contribution in [0.1, 0.15) is 12.5 Å². The van der Waals surface area contributed by atoms with E-state index in [1.807, 2.05) is 6.92 Å². The van der Waals surface area contributed by atoms with E-state index in [0.717, 1.165) is 17.3 Å². The van der Waals surface area contributed by atoms with Gasteiger partial charge in [0.2, 0.25) is 5.16 Å². The smallest absolute Gasteiger partial charge is 0.313 e. The molecule has 24 heavy (non-hydrogen) atoms. The number of nitro groups is 1. The minimum atomic E-state index is -0.979. The third-order valence-electron chi connectivity index (χ3n) is 3.06. The van der Waals surface area contributed by atoms with Crippen LogP contribution in [0.15, 0.2) is 42.1 Å². The number of benzene rings is 1. The van der Waals surface area contributed by atoms with Gasteiger partial charge in [0.25, 0.3) is 5.69 Å². The molecule has 0 amide bonds. The Kier molecular flexibility index (Phi) is 5.48. The molecular weight excluding hydrogens is 332 g/mol. The zero-order valence-electron chi connectivity index (χ0n) is 12.7. The Bertz CT molecular complexity index is 829. The van der Waals surface area contributed by atoms with Gasteiger partial charge in [-0.25, -0.2) is 4.98 Å². The van der Waals surface area contributed by atoms with Gasteiger partial charge in [-0.2, -0.15) is 0 Å². The number of thioether (sulfide) groups is 1. The highest BCUT2D eigenvalue weighted by Crippen LogP contribution is 2.28. The average Bonchev–Trinajstić information content (AvgIpc) is 3.03. The number of nitrogens with one attached hydrogen (secondary N) is 1. The normalized spacial score (nSPS) is 11.3. The number of rotatable bonds is 7. The maximum absolute atomic E-state index is 11.2. The van der Waals surface area contributed by atoms with Gasteiger partial charge in [0.05, 0.1) is 10.7 Å². The van der Waals surface area contributed by atoms with Crippen molar-refractivity contribution in [3.8, 4) is 11.4 Å². The Balaban J connectivity index is 2.44. The minimum absolute atomic E-state index is 0.0835. The first-order chi connectivity index (χ1) is 11.4. The number of aromatic amines is 1. The Morgan fingerprint density at radius 2 is 2.25 bits per heavy atom. The summed E-state index contributed by atoms with van der Waals surface area (Å²) in [5, 5.41) is 26.7. The molecule has 1 aromatic heterocycles. The molecule has 0 aliphatic rings. The quantitative estimate of drug-likeness (QED) is 0.342. The van der Waals surface area contributed by atoms with Gasteiger partial charge >= 0.3 is 5.97 Å². The zero-order chi connectivity index (χ0) is 17.7. The first kappa shape index (κ1) is 17.4. The number of H-pyrrole nitrogens is 1. The summed E-state index contributed by atoms with van der Waals surface area (Å²) >= 11 is 0.960. The number of carboxylic acids is 1. The summed E-state index contributed by atoms with van der Waals surface area (Å²) in [5.41, 5.74) is 1.78. The van der Waals surface area contributed by atoms with E-state index in [9.17, 15) is 14.9 Å². The second-order valence-electron chi connectivity index (χ2n) is 4.62. The van der Waals surface area contributed by atoms with Crippen LogP contribution >= 0.6 is 11.8 Å². The number of nitrogens with zero attached hydrogens (tertiary/aromatic N) is 3. The summed E-state index contributed by atoms with van der Waals surface area (Å²) in [6, 6.07) is 4.57. The lowest BCUT2D eigenvalue weighted by Gasteiger charge is -2.05. The summed E-state index contributed by atoms with van der Waals surface area (Å²) in [5.74, 6) is -0.823. The third-order valence-corrected chi connectivity index (χ3v) is 3.89. The lowest BCUT2D eigenvalue weighted by molar-refractivity contribution is -0.384. The van der Waals surface area contributed by atoms with Crippen LogP contribution in [0.3, 0.4) is 0 Å². The van der Waals surface area contributed by atoms with E-state index in [2.05, 4.69) is 21.8 Å². The molecule has 0 bridgehead atoms. The Labute approximate surface area is 141 Å². The number of non-ortho nitro benzene ring substituents is 1. The van der Waals surface area contributed by atoms with Crippen LogP contribution in [0.5, 0.6) is 0 Å². The molecule has 2 N–H and O–H groups in total. The van der Waals surface area contributed by atoms with E-state index >= 15 is 0 Å². The van der Waals surface area contributed by atoms with Gasteiger partial charge in [0.15, 0.2) is 5.82 Å². The van der Waals surface area contributed by atoms with Crippen molar-refractivity contribution in [2.75, 3.05) is 5.75 Å². The molecule has 9 heteroatoms. The summed E-state index contributed by atoms with van der Waals surface area (Å²) in [6.07, 6.45) is 3.40. The van der Waals surface area contributed by atoms with E-state index in [1.165, 1.54) is 12.1 Å². The minimum Gasteiger partial charge on any atom is -0.481 e. The van der Waals surface area contributed by atoms with Crippen molar-refractivity contribution in [3.05, 3.63) is 52.6 Å². The van der Waals surface area contributed by atoms with Crippen molar-refractivity contribution in [2.45, 2.75) is 12.1 Å². The van der Waals surface area contributed by atoms with Gasteiger partial charge in [-0.05, 0) is 24.1 Å². The first-order valence-electron chi connectivity index (χ1n) is 6.80. The van der Waals surface area contributed by atoms with Gasteiger partial charge in [-0.15, -0.1) is 5.10 Å². The van der Waals surface area contributed by atoms with Gasteiger partial charge < -0.3 is 5.11 Å². The van der Waals surface area contributed by atoms with Crippen molar-refractivity contribution in [1.82, 2.24) is 15.2 Å². The lowest BCUT2D eigenvalue weighted by Crippen LogP contribution is -1.97. The summed E-state index contributed by atoms with van der Waals surface area (Å²) in [7, 11) is 0. The number of aromatic nitrogens is 3. The number of hydrogen-bond acceptors (Lipinski definition) is 6.